The number of aliphatic hydroxyl groups is 1. The third-order valence-corrected chi connectivity index (χ3v) is 3.29. The number of halogens is 3. The van der Waals surface area contributed by atoms with Crippen molar-refractivity contribution in [3.05, 3.63) is 33.8 Å². The van der Waals surface area contributed by atoms with E-state index in [0.29, 0.717) is 13.0 Å². The summed E-state index contributed by atoms with van der Waals surface area (Å²) in [4.78, 5) is 0. The Morgan fingerprint density at radius 1 is 1.33 bits per heavy atom. The first-order chi connectivity index (χ1) is 8.52. The molecule has 0 bridgehead atoms. The van der Waals surface area contributed by atoms with Crippen molar-refractivity contribution < 1.29 is 18.6 Å². The zero-order valence-corrected chi connectivity index (χ0v) is 12.0. The van der Waals surface area contributed by atoms with Crippen molar-refractivity contribution in [3.63, 3.8) is 0 Å². The molecule has 2 unspecified atom stereocenters. The van der Waals surface area contributed by atoms with Crippen LogP contribution in [0.2, 0.25) is 0 Å². The van der Waals surface area contributed by atoms with E-state index in [4.69, 9.17) is 4.74 Å². The van der Waals surface area contributed by atoms with Gasteiger partial charge in [0, 0.05) is 6.61 Å². The molecule has 0 aliphatic carbocycles. The topological polar surface area (TPSA) is 29.5 Å². The minimum atomic E-state index is -1.30. The van der Waals surface area contributed by atoms with Crippen LogP contribution < -0.4 is 0 Å². The molecule has 0 fully saturated rings. The van der Waals surface area contributed by atoms with Gasteiger partial charge in [-0.25, -0.2) is 8.78 Å². The molecular weight excluding hydrogens is 306 g/mol. The van der Waals surface area contributed by atoms with Crippen molar-refractivity contribution in [1.29, 1.82) is 0 Å². The zero-order chi connectivity index (χ0) is 13.7. The lowest BCUT2D eigenvalue weighted by Gasteiger charge is -2.23. The molecule has 1 aromatic carbocycles. The van der Waals surface area contributed by atoms with Crippen LogP contribution >= 0.6 is 15.9 Å². The van der Waals surface area contributed by atoms with Crippen LogP contribution in [0.3, 0.4) is 0 Å². The van der Waals surface area contributed by atoms with Crippen molar-refractivity contribution in [3.8, 4) is 0 Å². The fourth-order valence-electron chi connectivity index (χ4n) is 1.83. The zero-order valence-electron chi connectivity index (χ0n) is 10.4. The summed E-state index contributed by atoms with van der Waals surface area (Å²) >= 11 is 2.98. The summed E-state index contributed by atoms with van der Waals surface area (Å²) in [5, 5.41) is 10.1. The first-order valence-corrected chi connectivity index (χ1v) is 6.75. The van der Waals surface area contributed by atoms with Crippen molar-refractivity contribution in [2.75, 3.05) is 6.61 Å². The summed E-state index contributed by atoms with van der Waals surface area (Å²) in [5.74, 6) is -1.53. The first-order valence-electron chi connectivity index (χ1n) is 5.95. The van der Waals surface area contributed by atoms with Gasteiger partial charge in [0.15, 0.2) is 0 Å². The summed E-state index contributed by atoms with van der Waals surface area (Å²) in [6.45, 7) is 4.09. The highest BCUT2D eigenvalue weighted by atomic mass is 79.9. The van der Waals surface area contributed by atoms with Gasteiger partial charge in [0.1, 0.15) is 17.7 Å². The summed E-state index contributed by atoms with van der Waals surface area (Å²) in [6.07, 6.45) is -0.597. The monoisotopic (exact) mass is 322 g/mol. The Bertz CT molecular complexity index is 393. The number of hydrogen-bond donors (Lipinski definition) is 1. The van der Waals surface area contributed by atoms with Crippen LogP contribution in [-0.2, 0) is 4.74 Å². The number of hydrogen-bond acceptors (Lipinski definition) is 2. The fraction of sp³-hybridized carbons (Fsp3) is 0.538. The Labute approximate surface area is 114 Å². The molecular formula is C13H17BrF2O2. The number of aliphatic hydroxyl groups excluding tert-OH is 1. The Balaban J connectivity index is 3.07. The van der Waals surface area contributed by atoms with Crippen molar-refractivity contribution in [2.24, 2.45) is 0 Å². The molecule has 0 aliphatic rings. The molecule has 18 heavy (non-hydrogen) atoms. The van der Waals surface area contributed by atoms with Crippen LogP contribution in [0.5, 0.6) is 0 Å². The fourth-order valence-corrected chi connectivity index (χ4v) is 2.18. The lowest BCUT2D eigenvalue weighted by Crippen LogP contribution is -2.24. The smallest absolute Gasteiger partial charge is 0.146 e. The molecule has 0 amide bonds. The predicted molar refractivity (Wildman–Crippen MR) is 69.3 cm³/mol. The molecule has 0 spiro atoms. The van der Waals surface area contributed by atoms with Gasteiger partial charge >= 0.3 is 0 Å². The van der Waals surface area contributed by atoms with E-state index < -0.39 is 23.8 Å². The van der Waals surface area contributed by atoms with Gasteiger partial charge < -0.3 is 9.84 Å². The summed E-state index contributed by atoms with van der Waals surface area (Å²) in [6, 6.07) is 2.40. The van der Waals surface area contributed by atoms with Crippen LogP contribution in [0.25, 0.3) is 0 Å². The summed E-state index contributed by atoms with van der Waals surface area (Å²) in [5.41, 5.74) is -0.337. The van der Waals surface area contributed by atoms with Gasteiger partial charge in [-0.3, -0.25) is 0 Å². The van der Waals surface area contributed by atoms with Crippen molar-refractivity contribution in [2.45, 2.75) is 38.9 Å². The van der Waals surface area contributed by atoms with E-state index in [-0.39, 0.29) is 10.0 Å². The molecule has 2 atom stereocenters. The molecule has 0 aliphatic heterocycles. The van der Waals surface area contributed by atoms with Gasteiger partial charge in [0.2, 0.25) is 0 Å². The maximum Gasteiger partial charge on any atom is 0.146 e. The molecule has 0 aromatic heterocycles. The molecule has 1 rings (SSSR count). The highest BCUT2D eigenvalue weighted by Gasteiger charge is 2.27. The third-order valence-electron chi connectivity index (χ3n) is 2.68. The van der Waals surface area contributed by atoms with Crippen molar-refractivity contribution in [1.82, 2.24) is 0 Å². The second kappa shape index (κ2) is 7.16. The number of rotatable bonds is 6. The predicted octanol–water partition coefficient (Wildman–Crippen LogP) is 3.97. The molecule has 0 saturated heterocycles. The van der Waals surface area contributed by atoms with Crippen LogP contribution in [0.1, 0.15) is 38.4 Å². The lowest BCUT2D eigenvalue weighted by atomic mass is 10.00. The van der Waals surface area contributed by atoms with Gasteiger partial charge in [-0.1, -0.05) is 13.3 Å². The van der Waals surface area contributed by atoms with Gasteiger partial charge in [0.25, 0.3) is 0 Å². The van der Waals surface area contributed by atoms with Crippen LogP contribution in [-0.4, -0.2) is 17.8 Å². The van der Waals surface area contributed by atoms with E-state index in [1.807, 2.05) is 6.92 Å². The minimum Gasteiger partial charge on any atom is -0.385 e. The molecule has 0 radical (unpaired) electrons. The van der Waals surface area contributed by atoms with Gasteiger partial charge in [-0.2, -0.15) is 0 Å². The molecule has 2 nitrogen and oxygen atoms in total. The van der Waals surface area contributed by atoms with E-state index in [0.717, 1.165) is 12.5 Å². The van der Waals surface area contributed by atoms with E-state index in [1.165, 1.54) is 6.07 Å². The van der Waals surface area contributed by atoms with Gasteiger partial charge in [-0.15, -0.1) is 0 Å². The Morgan fingerprint density at radius 3 is 2.56 bits per heavy atom. The summed E-state index contributed by atoms with van der Waals surface area (Å²) < 4.78 is 33.0. The molecule has 102 valence electrons. The Morgan fingerprint density at radius 2 is 2.00 bits per heavy atom. The van der Waals surface area contributed by atoms with Crippen LogP contribution in [0.4, 0.5) is 8.78 Å². The maximum absolute atomic E-state index is 13.9. The molecule has 1 N–H and O–H groups in total. The normalized spacial score (nSPS) is 14.6. The Kier molecular flexibility index (Phi) is 6.18. The number of benzene rings is 1. The van der Waals surface area contributed by atoms with Crippen LogP contribution in [0.15, 0.2) is 16.6 Å². The van der Waals surface area contributed by atoms with Gasteiger partial charge in [0.05, 0.1) is 16.1 Å². The Hall–Kier alpha value is -0.520. The molecule has 0 heterocycles. The average Bonchev–Trinajstić information content (AvgIpc) is 2.34. The van der Waals surface area contributed by atoms with Crippen molar-refractivity contribution >= 4 is 15.9 Å². The second-order valence-electron chi connectivity index (χ2n) is 3.98. The summed E-state index contributed by atoms with van der Waals surface area (Å²) in [7, 11) is 0. The second-order valence-corrected chi connectivity index (χ2v) is 4.84. The van der Waals surface area contributed by atoms with Gasteiger partial charge in [-0.05, 0) is 41.4 Å². The van der Waals surface area contributed by atoms with E-state index in [1.54, 1.807) is 6.92 Å². The molecule has 5 heteroatoms. The SMILES string of the molecule is CCCC(OCC)C(O)c1c(F)ccc(Br)c1F. The largest absolute Gasteiger partial charge is 0.385 e. The minimum absolute atomic E-state index is 0.129. The standard InChI is InChI=1S/C13H17BrF2O2/c1-3-5-10(18-4-2)13(17)11-9(15)7-6-8(14)12(11)16/h6-7,10,13,17H,3-5H2,1-2H3. The van der Waals surface area contributed by atoms with E-state index >= 15 is 0 Å². The number of ether oxygens (including phenoxy) is 1. The average molecular weight is 323 g/mol. The highest BCUT2D eigenvalue weighted by molar-refractivity contribution is 9.10. The molecule has 0 saturated carbocycles. The quantitative estimate of drug-likeness (QED) is 0.803. The first kappa shape index (κ1) is 15.5. The van der Waals surface area contributed by atoms with E-state index in [2.05, 4.69) is 15.9 Å². The maximum atomic E-state index is 13.9. The lowest BCUT2D eigenvalue weighted by molar-refractivity contribution is -0.0412. The van der Waals surface area contributed by atoms with E-state index in [9.17, 15) is 13.9 Å². The van der Waals surface area contributed by atoms with Crippen LogP contribution in [0, 0.1) is 11.6 Å². The third kappa shape index (κ3) is 3.49. The molecule has 1 aromatic rings. The highest BCUT2D eigenvalue weighted by Crippen LogP contribution is 2.30.